The molecule has 152 valence electrons. The summed E-state index contributed by atoms with van der Waals surface area (Å²) in [6, 6.07) is 8.06. The molecule has 0 aliphatic carbocycles. The van der Waals surface area contributed by atoms with Crippen molar-refractivity contribution in [1.82, 2.24) is 20.4 Å². The van der Waals surface area contributed by atoms with Crippen LogP contribution in [0.1, 0.15) is 12.8 Å². The van der Waals surface area contributed by atoms with Crippen molar-refractivity contribution in [3.8, 4) is 17.1 Å². The number of rotatable bonds is 4. The zero-order valence-corrected chi connectivity index (χ0v) is 16.8. The first-order valence-electron chi connectivity index (χ1n) is 9.47. The number of ether oxygens (including phenoxy) is 1. The van der Waals surface area contributed by atoms with Gasteiger partial charge in [-0.15, -0.1) is 12.4 Å². The molecule has 3 heterocycles. The van der Waals surface area contributed by atoms with Crippen LogP contribution in [0, 0.1) is 5.92 Å². The number of hydrogen-bond donors (Lipinski definition) is 1. The second-order valence-electron chi connectivity index (χ2n) is 6.98. The third-order valence-corrected chi connectivity index (χ3v) is 5.27. The smallest absolute Gasteiger partial charge is 0.324 e. The monoisotopic (exact) mass is 407 g/mol. The maximum atomic E-state index is 12.6. The lowest BCUT2D eigenvalue weighted by molar-refractivity contribution is -0.136. The number of carbonyl (C=O) groups is 1. The van der Waals surface area contributed by atoms with Crippen LogP contribution in [0.2, 0.25) is 0 Å². The predicted molar refractivity (Wildman–Crippen MR) is 108 cm³/mol. The van der Waals surface area contributed by atoms with E-state index in [0.717, 1.165) is 37.2 Å². The summed E-state index contributed by atoms with van der Waals surface area (Å²) < 4.78 is 10.6. The fraction of sp³-hybridized carbons (Fsp3) is 0.526. The number of benzene rings is 1. The van der Waals surface area contributed by atoms with Crippen LogP contribution < -0.4 is 15.0 Å². The van der Waals surface area contributed by atoms with Crippen molar-refractivity contribution in [3.63, 3.8) is 0 Å². The summed E-state index contributed by atoms with van der Waals surface area (Å²) in [6.45, 7) is 4.61. The first-order valence-corrected chi connectivity index (χ1v) is 9.47. The first kappa shape index (κ1) is 20.4. The van der Waals surface area contributed by atoms with E-state index in [-0.39, 0.29) is 24.2 Å². The summed E-state index contributed by atoms with van der Waals surface area (Å²) in [5.74, 6) is 1.73. The molecule has 2 aliphatic rings. The largest absolute Gasteiger partial charge is 0.497 e. The summed E-state index contributed by atoms with van der Waals surface area (Å²) in [5.41, 5.74) is 0.879. The Hall–Kier alpha value is -2.32. The second kappa shape index (κ2) is 9.25. The fourth-order valence-corrected chi connectivity index (χ4v) is 3.64. The SMILES string of the molecule is COc1ccc(-c2noc(N3CCN(C(=O)C4CCCNC4)CC3)n2)cc1.Cl. The zero-order chi connectivity index (χ0) is 18.6. The van der Waals surface area contributed by atoms with Crippen LogP contribution in [0.4, 0.5) is 6.01 Å². The van der Waals surface area contributed by atoms with Gasteiger partial charge in [-0.3, -0.25) is 4.79 Å². The Kier molecular flexibility index (Phi) is 6.74. The molecule has 1 atom stereocenters. The van der Waals surface area contributed by atoms with Gasteiger partial charge in [0.1, 0.15) is 5.75 Å². The molecule has 2 aliphatic heterocycles. The number of carbonyl (C=O) groups excluding carboxylic acids is 1. The van der Waals surface area contributed by atoms with Crippen LogP contribution in [0.15, 0.2) is 28.8 Å². The van der Waals surface area contributed by atoms with Crippen molar-refractivity contribution >= 4 is 24.3 Å². The van der Waals surface area contributed by atoms with E-state index in [0.29, 0.717) is 38.0 Å². The molecule has 8 nitrogen and oxygen atoms in total. The molecular weight excluding hydrogens is 382 g/mol. The molecule has 0 bridgehead atoms. The number of anilines is 1. The summed E-state index contributed by atoms with van der Waals surface area (Å²) in [6.07, 6.45) is 2.06. The molecule has 1 aromatic heterocycles. The summed E-state index contributed by atoms with van der Waals surface area (Å²) in [4.78, 5) is 21.2. The Labute approximate surface area is 170 Å². The van der Waals surface area contributed by atoms with Crippen molar-refractivity contribution in [2.45, 2.75) is 12.8 Å². The van der Waals surface area contributed by atoms with Gasteiger partial charge in [-0.1, -0.05) is 5.16 Å². The molecule has 1 unspecified atom stereocenters. The Balaban J connectivity index is 0.00000225. The molecule has 2 fully saturated rings. The maximum absolute atomic E-state index is 12.6. The molecule has 0 radical (unpaired) electrons. The van der Waals surface area contributed by atoms with E-state index in [1.165, 1.54) is 0 Å². The van der Waals surface area contributed by atoms with E-state index in [9.17, 15) is 4.79 Å². The Morgan fingerprint density at radius 1 is 1.21 bits per heavy atom. The second-order valence-corrected chi connectivity index (χ2v) is 6.98. The van der Waals surface area contributed by atoms with Crippen LogP contribution in [0.5, 0.6) is 5.75 Å². The molecule has 0 saturated carbocycles. The summed E-state index contributed by atoms with van der Waals surface area (Å²) in [5, 5.41) is 7.40. The van der Waals surface area contributed by atoms with Crippen molar-refractivity contribution < 1.29 is 14.1 Å². The van der Waals surface area contributed by atoms with E-state index in [2.05, 4.69) is 15.5 Å². The molecule has 1 aromatic carbocycles. The molecule has 2 saturated heterocycles. The molecule has 2 aromatic rings. The first-order chi connectivity index (χ1) is 13.2. The van der Waals surface area contributed by atoms with Crippen LogP contribution in [0.3, 0.4) is 0 Å². The van der Waals surface area contributed by atoms with Gasteiger partial charge >= 0.3 is 6.01 Å². The van der Waals surface area contributed by atoms with E-state index < -0.39 is 0 Å². The normalized spacial score (nSPS) is 19.8. The minimum atomic E-state index is 0. The number of amides is 1. The molecule has 1 N–H and O–H groups in total. The average Bonchev–Trinajstić information content (AvgIpc) is 3.24. The van der Waals surface area contributed by atoms with Crippen LogP contribution in [-0.4, -0.2) is 67.3 Å². The van der Waals surface area contributed by atoms with Gasteiger partial charge in [-0.05, 0) is 43.7 Å². The highest BCUT2D eigenvalue weighted by atomic mass is 35.5. The van der Waals surface area contributed by atoms with Crippen molar-refractivity contribution in [2.24, 2.45) is 5.92 Å². The van der Waals surface area contributed by atoms with Crippen LogP contribution in [0.25, 0.3) is 11.4 Å². The van der Waals surface area contributed by atoms with Crippen molar-refractivity contribution in [1.29, 1.82) is 0 Å². The summed E-state index contributed by atoms with van der Waals surface area (Å²) >= 11 is 0. The van der Waals surface area contributed by atoms with Crippen molar-refractivity contribution in [3.05, 3.63) is 24.3 Å². The van der Waals surface area contributed by atoms with Gasteiger partial charge in [0, 0.05) is 38.3 Å². The van der Waals surface area contributed by atoms with Crippen LogP contribution in [-0.2, 0) is 4.79 Å². The standard InChI is InChI=1S/C19H25N5O3.ClH/c1-26-16-6-4-14(5-7-16)17-21-19(27-22-17)24-11-9-23(10-12-24)18(25)15-3-2-8-20-13-15;/h4-7,15,20H,2-3,8-13H2,1H3;1H. The number of aromatic nitrogens is 2. The van der Waals surface area contributed by atoms with E-state index >= 15 is 0 Å². The van der Waals surface area contributed by atoms with Crippen molar-refractivity contribution in [2.75, 3.05) is 51.3 Å². The lowest BCUT2D eigenvalue weighted by Gasteiger charge is -2.36. The number of piperidine rings is 1. The van der Waals surface area contributed by atoms with Gasteiger partial charge in [0.15, 0.2) is 0 Å². The lowest BCUT2D eigenvalue weighted by atomic mass is 9.98. The zero-order valence-electron chi connectivity index (χ0n) is 16.0. The van der Waals surface area contributed by atoms with Crippen LogP contribution >= 0.6 is 12.4 Å². The molecule has 1 amide bonds. The topological polar surface area (TPSA) is 83.7 Å². The number of halogens is 1. The van der Waals surface area contributed by atoms with Gasteiger partial charge < -0.3 is 24.4 Å². The van der Waals surface area contributed by atoms with E-state index in [4.69, 9.17) is 9.26 Å². The lowest BCUT2D eigenvalue weighted by Crippen LogP contribution is -2.52. The molecular formula is C19H26ClN5O3. The minimum Gasteiger partial charge on any atom is -0.497 e. The molecule has 9 heteroatoms. The maximum Gasteiger partial charge on any atom is 0.324 e. The Morgan fingerprint density at radius 2 is 1.96 bits per heavy atom. The van der Waals surface area contributed by atoms with Gasteiger partial charge in [0.25, 0.3) is 0 Å². The van der Waals surface area contributed by atoms with E-state index in [1.807, 2.05) is 34.1 Å². The highest BCUT2D eigenvalue weighted by Gasteiger charge is 2.29. The number of nitrogens with one attached hydrogen (secondary N) is 1. The predicted octanol–water partition coefficient (Wildman–Crippen LogP) is 1.82. The van der Waals surface area contributed by atoms with Gasteiger partial charge in [0.05, 0.1) is 13.0 Å². The number of hydrogen-bond acceptors (Lipinski definition) is 7. The molecule has 0 spiro atoms. The van der Waals surface area contributed by atoms with Gasteiger partial charge in [-0.25, -0.2) is 0 Å². The molecule has 28 heavy (non-hydrogen) atoms. The Morgan fingerprint density at radius 3 is 2.61 bits per heavy atom. The highest BCUT2D eigenvalue weighted by Crippen LogP contribution is 2.23. The number of nitrogens with zero attached hydrogens (tertiary/aromatic N) is 4. The van der Waals surface area contributed by atoms with Gasteiger partial charge in [-0.2, -0.15) is 4.98 Å². The Bertz CT molecular complexity index is 768. The molecule has 4 rings (SSSR count). The average molecular weight is 408 g/mol. The quantitative estimate of drug-likeness (QED) is 0.827. The fourth-order valence-electron chi connectivity index (χ4n) is 3.64. The van der Waals surface area contributed by atoms with Gasteiger partial charge in [0.2, 0.25) is 11.7 Å². The third kappa shape index (κ3) is 4.39. The number of piperazine rings is 1. The minimum absolute atomic E-state index is 0. The number of methoxy groups -OCH3 is 1. The summed E-state index contributed by atoms with van der Waals surface area (Å²) in [7, 11) is 1.64. The highest BCUT2D eigenvalue weighted by molar-refractivity contribution is 5.85. The van der Waals surface area contributed by atoms with E-state index in [1.54, 1.807) is 7.11 Å². The third-order valence-electron chi connectivity index (χ3n) is 5.27.